The Morgan fingerprint density at radius 1 is 1.04 bits per heavy atom. The molecule has 1 N–H and O–H groups in total. The molecule has 0 spiro atoms. The van der Waals surface area contributed by atoms with Gasteiger partial charge < -0.3 is 14.8 Å². The summed E-state index contributed by atoms with van der Waals surface area (Å²) in [4.78, 5) is 16.3. The molecule has 9 heteroatoms. The van der Waals surface area contributed by atoms with Crippen LogP contribution < -0.4 is 14.8 Å². The summed E-state index contributed by atoms with van der Waals surface area (Å²) < 4.78 is 10.3. The number of nitrogens with one attached hydrogen (secondary N) is 1. The van der Waals surface area contributed by atoms with Gasteiger partial charge in [0.15, 0.2) is 0 Å². The summed E-state index contributed by atoms with van der Waals surface area (Å²) in [5, 5.41) is 2.33. The Labute approximate surface area is 152 Å². The van der Waals surface area contributed by atoms with E-state index in [1.54, 1.807) is 18.2 Å². The Balaban J connectivity index is 2.40. The number of anilines is 1. The second kappa shape index (κ2) is 7.45. The Hall–Kier alpha value is -1.40. The number of amides is 1. The molecule has 0 aliphatic heterocycles. The number of aromatic nitrogens is 1. The molecule has 1 aromatic heterocycles. The van der Waals surface area contributed by atoms with E-state index in [0.29, 0.717) is 17.2 Å². The number of ether oxygens (including phenoxy) is 2. The summed E-state index contributed by atoms with van der Waals surface area (Å²) in [6.45, 7) is 0. The number of methoxy groups -OCH3 is 2. The van der Waals surface area contributed by atoms with Gasteiger partial charge in [-0.3, -0.25) is 4.79 Å². The van der Waals surface area contributed by atoms with Gasteiger partial charge in [0.1, 0.15) is 22.3 Å². The molecule has 0 saturated carbocycles. The first-order chi connectivity index (χ1) is 10.9. The van der Waals surface area contributed by atoms with E-state index in [4.69, 9.17) is 55.9 Å². The zero-order valence-corrected chi connectivity index (χ0v) is 14.9. The van der Waals surface area contributed by atoms with Gasteiger partial charge in [0.2, 0.25) is 0 Å². The van der Waals surface area contributed by atoms with Crippen LogP contribution in [0.15, 0.2) is 18.2 Å². The van der Waals surface area contributed by atoms with Crippen molar-refractivity contribution < 1.29 is 14.3 Å². The first kappa shape index (κ1) is 17.9. The molecular formula is C14H10Cl4N2O3. The maximum atomic E-state index is 12.4. The fourth-order valence-corrected chi connectivity index (χ4v) is 2.54. The first-order valence-electron chi connectivity index (χ1n) is 6.12. The number of carbonyl (C=O) groups excluding carboxylic acids is 1. The summed E-state index contributed by atoms with van der Waals surface area (Å²) in [6, 6.07) is 4.92. The van der Waals surface area contributed by atoms with Crippen LogP contribution in [0.5, 0.6) is 11.5 Å². The van der Waals surface area contributed by atoms with Crippen LogP contribution in [0.3, 0.4) is 0 Å². The molecule has 0 aliphatic rings. The largest absolute Gasteiger partial charge is 0.497 e. The van der Waals surface area contributed by atoms with E-state index >= 15 is 0 Å². The molecule has 23 heavy (non-hydrogen) atoms. The van der Waals surface area contributed by atoms with Crippen LogP contribution in [0.4, 0.5) is 5.69 Å². The predicted molar refractivity (Wildman–Crippen MR) is 91.8 cm³/mol. The Morgan fingerprint density at radius 2 is 1.74 bits per heavy atom. The van der Waals surface area contributed by atoms with Gasteiger partial charge >= 0.3 is 0 Å². The number of carbonyl (C=O) groups is 1. The topological polar surface area (TPSA) is 60.5 Å². The maximum absolute atomic E-state index is 12.4. The van der Waals surface area contributed by atoms with E-state index in [0.717, 1.165) is 0 Å². The van der Waals surface area contributed by atoms with Gasteiger partial charge in [0.25, 0.3) is 5.91 Å². The molecule has 0 aliphatic carbocycles. The second-order valence-corrected chi connectivity index (χ2v) is 5.71. The average molecular weight is 396 g/mol. The molecule has 0 bridgehead atoms. The van der Waals surface area contributed by atoms with Crippen molar-refractivity contribution in [2.24, 2.45) is 0 Å². The molecule has 2 rings (SSSR count). The standard InChI is InChI=1S/C14H10Cl4N2O3/c1-22-6-3-4-8(23-2)7(5-6)19-14(21)12-10(16)9(15)11(17)13(18)20-12/h3-5H,1-2H3,(H,19,21). The predicted octanol–water partition coefficient (Wildman–Crippen LogP) is 4.96. The number of hydrogen-bond donors (Lipinski definition) is 1. The maximum Gasteiger partial charge on any atom is 0.276 e. The average Bonchev–Trinajstić information content (AvgIpc) is 2.55. The van der Waals surface area contributed by atoms with E-state index in [2.05, 4.69) is 10.3 Å². The third-order valence-corrected chi connectivity index (χ3v) is 4.53. The quantitative estimate of drug-likeness (QED) is 0.742. The summed E-state index contributed by atoms with van der Waals surface area (Å²) in [7, 11) is 2.98. The normalized spacial score (nSPS) is 10.3. The third-order valence-electron chi connectivity index (χ3n) is 2.85. The molecule has 2 aromatic rings. The van der Waals surface area contributed by atoms with Crippen LogP contribution in [-0.2, 0) is 0 Å². The molecule has 1 aromatic carbocycles. The van der Waals surface area contributed by atoms with Crippen molar-refractivity contribution in [1.29, 1.82) is 0 Å². The smallest absolute Gasteiger partial charge is 0.276 e. The van der Waals surface area contributed by atoms with Gasteiger partial charge in [0.05, 0.1) is 35.0 Å². The van der Waals surface area contributed by atoms with Crippen LogP contribution in [0.2, 0.25) is 20.2 Å². The van der Waals surface area contributed by atoms with E-state index in [1.165, 1.54) is 14.2 Å². The van der Waals surface area contributed by atoms with Gasteiger partial charge in [-0.05, 0) is 12.1 Å². The minimum absolute atomic E-state index is 0.0196. The third kappa shape index (κ3) is 3.75. The molecule has 0 radical (unpaired) electrons. The van der Waals surface area contributed by atoms with Crippen molar-refractivity contribution in [2.75, 3.05) is 19.5 Å². The molecule has 0 saturated heterocycles. The Bertz CT molecular complexity index is 768. The number of halogens is 4. The summed E-state index contributed by atoms with van der Waals surface area (Å²) in [6.07, 6.45) is 0. The number of hydrogen-bond acceptors (Lipinski definition) is 4. The van der Waals surface area contributed by atoms with Crippen LogP contribution in [-0.4, -0.2) is 25.1 Å². The molecule has 1 heterocycles. The van der Waals surface area contributed by atoms with Gasteiger partial charge in [-0.25, -0.2) is 4.98 Å². The lowest BCUT2D eigenvalue weighted by Crippen LogP contribution is -2.15. The molecule has 122 valence electrons. The lowest BCUT2D eigenvalue weighted by Gasteiger charge is -2.13. The molecular weight excluding hydrogens is 386 g/mol. The lowest BCUT2D eigenvalue weighted by molar-refractivity contribution is 0.102. The van der Waals surface area contributed by atoms with Gasteiger partial charge in [0, 0.05) is 6.07 Å². The van der Waals surface area contributed by atoms with Crippen LogP contribution in [0, 0.1) is 0 Å². The van der Waals surface area contributed by atoms with Crippen molar-refractivity contribution in [3.05, 3.63) is 44.1 Å². The van der Waals surface area contributed by atoms with Crippen molar-refractivity contribution in [2.45, 2.75) is 0 Å². The molecule has 0 fully saturated rings. The van der Waals surface area contributed by atoms with Crippen LogP contribution in [0.1, 0.15) is 10.5 Å². The van der Waals surface area contributed by atoms with Gasteiger partial charge in [-0.2, -0.15) is 0 Å². The number of pyridine rings is 1. The number of benzene rings is 1. The fourth-order valence-electron chi connectivity index (χ4n) is 1.73. The summed E-state index contributed by atoms with van der Waals surface area (Å²) in [5.74, 6) is 0.343. The van der Waals surface area contributed by atoms with Gasteiger partial charge in [-0.15, -0.1) is 0 Å². The molecule has 0 atom stereocenters. The Morgan fingerprint density at radius 3 is 2.35 bits per heavy atom. The Kier molecular flexibility index (Phi) is 5.81. The summed E-state index contributed by atoms with van der Waals surface area (Å²) >= 11 is 23.6. The SMILES string of the molecule is COc1ccc(OC)c(NC(=O)c2nc(Cl)c(Cl)c(Cl)c2Cl)c1. The monoisotopic (exact) mass is 394 g/mol. The van der Waals surface area contributed by atoms with E-state index < -0.39 is 5.91 Å². The first-order valence-corrected chi connectivity index (χ1v) is 7.63. The van der Waals surface area contributed by atoms with Crippen LogP contribution in [0.25, 0.3) is 0 Å². The minimum Gasteiger partial charge on any atom is -0.497 e. The van der Waals surface area contributed by atoms with E-state index in [1.807, 2.05) is 0 Å². The van der Waals surface area contributed by atoms with Crippen LogP contribution >= 0.6 is 46.4 Å². The molecule has 1 amide bonds. The van der Waals surface area contributed by atoms with Crippen molar-refractivity contribution in [3.63, 3.8) is 0 Å². The van der Waals surface area contributed by atoms with E-state index in [9.17, 15) is 4.79 Å². The summed E-state index contributed by atoms with van der Waals surface area (Å²) in [5.41, 5.74) is 0.216. The zero-order valence-electron chi connectivity index (χ0n) is 11.9. The number of rotatable bonds is 4. The molecule has 0 unspecified atom stereocenters. The highest BCUT2D eigenvalue weighted by atomic mass is 35.5. The minimum atomic E-state index is -0.623. The zero-order chi connectivity index (χ0) is 17.1. The van der Waals surface area contributed by atoms with Crippen molar-refractivity contribution in [1.82, 2.24) is 4.98 Å². The number of nitrogens with zero attached hydrogens (tertiary/aromatic N) is 1. The van der Waals surface area contributed by atoms with Crippen molar-refractivity contribution in [3.8, 4) is 11.5 Å². The second-order valence-electron chi connectivity index (χ2n) is 4.21. The highest BCUT2D eigenvalue weighted by molar-refractivity contribution is 6.52. The lowest BCUT2D eigenvalue weighted by atomic mass is 10.2. The highest BCUT2D eigenvalue weighted by Gasteiger charge is 2.21. The van der Waals surface area contributed by atoms with Crippen molar-refractivity contribution >= 4 is 58.0 Å². The highest BCUT2D eigenvalue weighted by Crippen LogP contribution is 2.37. The molecule has 5 nitrogen and oxygen atoms in total. The van der Waals surface area contributed by atoms with Gasteiger partial charge in [-0.1, -0.05) is 46.4 Å². The fraction of sp³-hybridized carbons (Fsp3) is 0.143. The van der Waals surface area contributed by atoms with E-state index in [-0.39, 0.29) is 25.9 Å².